The van der Waals surface area contributed by atoms with E-state index in [0.29, 0.717) is 11.6 Å². The number of fused-ring (bicyclic) bond motifs is 2. The van der Waals surface area contributed by atoms with Crippen molar-refractivity contribution in [1.29, 1.82) is 5.26 Å². The molecule has 0 spiro atoms. The van der Waals surface area contributed by atoms with Crippen LogP contribution in [0.3, 0.4) is 0 Å². The summed E-state index contributed by atoms with van der Waals surface area (Å²) in [6.45, 7) is 5.68. The second-order valence-corrected chi connectivity index (χ2v) is 8.26. The van der Waals surface area contributed by atoms with Crippen LogP contribution in [0.4, 0.5) is 11.4 Å². The number of hydrogen-bond acceptors (Lipinski definition) is 4. The van der Waals surface area contributed by atoms with Crippen LogP contribution in [0.5, 0.6) is 0 Å². The third-order valence-electron chi connectivity index (χ3n) is 4.91. The molecule has 0 aliphatic carbocycles. The highest BCUT2D eigenvalue weighted by atomic mass is 35.5. The van der Waals surface area contributed by atoms with E-state index in [1.165, 1.54) is 41.4 Å². The molecular formula is C20H20ClN3S. The van der Waals surface area contributed by atoms with Crippen molar-refractivity contribution in [2.24, 2.45) is 0 Å². The SMILES string of the molecule is CC(CN1CCCC1)N1c2ccc(Cl)cc2Sc2ccc(C#N)cc21. The van der Waals surface area contributed by atoms with Crippen LogP contribution in [0.1, 0.15) is 25.3 Å². The van der Waals surface area contributed by atoms with Crippen molar-refractivity contribution in [2.75, 3.05) is 24.5 Å². The standard InChI is InChI=1S/C20H20ClN3S/c1-14(13-23-8-2-3-9-23)24-17-6-5-16(21)11-20(17)25-19-7-4-15(12-22)10-18(19)24/h4-7,10-11,14H,2-3,8-9,13H2,1H3. The van der Waals surface area contributed by atoms with Crippen LogP contribution in [-0.2, 0) is 0 Å². The molecule has 5 heteroatoms. The summed E-state index contributed by atoms with van der Waals surface area (Å²) in [7, 11) is 0. The van der Waals surface area contributed by atoms with Crippen molar-refractivity contribution in [3.8, 4) is 6.07 Å². The van der Waals surface area contributed by atoms with Crippen molar-refractivity contribution < 1.29 is 0 Å². The van der Waals surface area contributed by atoms with Crippen LogP contribution in [0.2, 0.25) is 5.02 Å². The van der Waals surface area contributed by atoms with E-state index in [1.807, 2.05) is 24.3 Å². The molecule has 128 valence electrons. The Labute approximate surface area is 158 Å². The van der Waals surface area contributed by atoms with Gasteiger partial charge in [0.05, 0.1) is 23.0 Å². The summed E-state index contributed by atoms with van der Waals surface area (Å²) >= 11 is 7.96. The van der Waals surface area contributed by atoms with Crippen molar-refractivity contribution in [1.82, 2.24) is 4.90 Å². The van der Waals surface area contributed by atoms with Gasteiger partial charge in [0.25, 0.3) is 0 Å². The fourth-order valence-electron chi connectivity index (χ4n) is 3.77. The smallest absolute Gasteiger partial charge is 0.0992 e. The first-order chi connectivity index (χ1) is 12.2. The molecule has 0 N–H and O–H groups in total. The topological polar surface area (TPSA) is 30.3 Å². The molecule has 25 heavy (non-hydrogen) atoms. The van der Waals surface area contributed by atoms with Crippen molar-refractivity contribution in [3.05, 3.63) is 47.0 Å². The summed E-state index contributed by atoms with van der Waals surface area (Å²) in [6.07, 6.45) is 2.59. The lowest BCUT2D eigenvalue weighted by Gasteiger charge is -2.39. The molecule has 3 nitrogen and oxygen atoms in total. The molecule has 0 radical (unpaired) electrons. The predicted molar refractivity (Wildman–Crippen MR) is 104 cm³/mol. The van der Waals surface area contributed by atoms with Gasteiger partial charge in [0, 0.05) is 27.4 Å². The predicted octanol–water partition coefficient (Wildman–Crippen LogP) is 5.30. The molecule has 1 unspecified atom stereocenters. The van der Waals surface area contributed by atoms with E-state index >= 15 is 0 Å². The third-order valence-corrected chi connectivity index (χ3v) is 6.26. The Morgan fingerprint density at radius 1 is 1.12 bits per heavy atom. The molecule has 0 saturated carbocycles. The molecule has 2 aromatic carbocycles. The average molecular weight is 370 g/mol. The van der Waals surface area contributed by atoms with Crippen LogP contribution in [0.25, 0.3) is 0 Å². The van der Waals surface area contributed by atoms with Crippen LogP contribution in [0.15, 0.2) is 46.2 Å². The Morgan fingerprint density at radius 2 is 1.92 bits per heavy atom. The molecule has 1 atom stereocenters. The van der Waals surface area contributed by atoms with E-state index in [1.54, 1.807) is 11.8 Å². The molecule has 2 aliphatic rings. The number of halogens is 1. The highest BCUT2D eigenvalue weighted by Gasteiger charge is 2.29. The molecule has 4 rings (SSSR count). The second kappa shape index (κ2) is 6.92. The number of hydrogen-bond donors (Lipinski definition) is 0. The van der Waals surface area contributed by atoms with E-state index in [-0.39, 0.29) is 0 Å². The Hall–Kier alpha value is -1.67. The fourth-order valence-corrected chi connectivity index (χ4v) is 5.10. The minimum atomic E-state index is 0.326. The van der Waals surface area contributed by atoms with Gasteiger partial charge in [-0.1, -0.05) is 23.4 Å². The summed E-state index contributed by atoms with van der Waals surface area (Å²) < 4.78 is 0. The first kappa shape index (κ1) is 16.8. The van der Waals surface area contributed by atoms with E-state index < -0.39 is 0 Å². The molecule has 2 heterocycles. The first-order valence-corrected chi connectivity index (χ1v) is 9.88. The molecule has 1 fully saturated rings. The maximum Gasteiger partial charge on any atom is 0.0992 e. The van der Waals surface area contributed by atoms with E-state index in [4.69, 9.17) is 11.6 Å². The van der Waals surface area contributed by atoms with E-state index in [2.05, 4.69) is 34.9 Å². The van der Waals surface area contributed by atoms with Gasteiger partial charge < -0.3 is 9.80 Å². The van der Waals surface area contributed by atoms with Crippen LogP contribution in [-0.4, -0.2) is 30.6 Å². The Kier molecular flexibility index (Phi) is 4.64. The normalized spacial score (nSPS) is 17.7. The number of benzene rings is 2. The molecule has 1 saturated heterocycles. The van der Waals surface area contributed by atoms with Crippen LogP contribution in [0, 0.1) is 11.3 Å². The Balaban J connectivity index is 1.76. The van der Waals surface area contributed by atoms with Crippen molar-refractivity contribution in [2.45, 2.75) is 35.6 Å². The minimum absolute atomic E-state index is 0.326. The van der Waals surface area contributed by atoms with Gasteiger partial charge in [-0.05, 0) is 69.3 Å². The highest BCUT2D eigenvalue weighted by Crippen LogP contribution is 2.50. The molecule has 0 amide bonds. The Morgan fingerprint density at radius 3 is 2.68 bits per heavy atom. The van der Waals surface area contributed by atoms with Crippen molar-refractivity contribution >= 4 is 34.7 Å². The number of likely N-dealkylation sites (tertiary alicyclic amines) is 1. The summed E-state index contributed by atoms with van der Waals surface area (Å²) in [6, 6.07) is 14.7. The van der Waals surface area contributed by atoms with Gasteiger partial charge in [-0.15, -0.1) is 0 Å². The first-order valence-electron chi connectivity index (χ1n) is 8.69. The number of nitrogens with zero attached hydrogens (tertiary/aromatic N) is 3. The molecular weight excluding hydrogens is 350 g/mol. The lowest BCUT2D eigenvalue weighted by atomic mass is 10.1. The van der Waals surface area contributed by atoms with E-state index in [9.17, 15) is 5.26 Å². The lowest BCUT2D eigenvalue weighted by Crippen LogP contribution is -2.40. The number of anilines is 2. The zero-order valence-corrected chi connectivity index (χ0v) is 15.8. The Bertz CT molecular complexity index is 839. The maximum atomic E-state index is 9.32. The van der Waals surface area contributed by atoms with Gasteiger partial charge in [-0.3, -0.25) is 0 Å². The third kappa shape index (κ3) is 3.25. The van der Waals surface area contributed by atoms with Crippen LogP contribution >= 0.6 is 23.4 Å². The molecule has 2 aromatic rings. The average Bonchev–Trinajstić information content (AvgIpc) is 3.11. The summed E-state index contributed by atoms with van der Waals surface area (Å²) in [5.41, 5.74) is 3.02. The quantitative estimate of drug-likeness (QED) is 0.734. The molecule has 2 aliphatic heterocycles. The number of rotatable bonds is 3. The van der Waals surface area contributed by atoms with Gasteiger partial charge in [-0.25, -0.2) is 0 Å². The molecule has 0 bridgehead atoms. The minimum Gasteiger partial charge on any atom is -0.335 e. The highest BCUT2D eigenvalue weighted by molar-refractivity contribution is 7.99. The van der Waals surface area contributed by atoms with Crippen LogP contribution < -0.4 is 4.90 Å². The summed E-state index contributed by atoms with van der Waals surface area (Å²) in [4.78, 5) is 7.28. The summed E-state index contributed by atoms with van der Waals surface area (Å²) in [5, 5.41) is 10.1. The fraction of sp³-hybridized carbons (Fsp3) is 0.350. The summed E-state index contributed by atoms with van der Waals surface area (Å²) in [5.74, 6) is 0. The maximum absolute atomic E-state index is 9.32. The van der Waals surface area contributed by atoms with Gasteiger partial charge in [0.15, 0.2) is 0 Å². The molecule has 0 aromatic heterocycles. The zero-order valence-electron chi connectivity index (χ0n) is 14.2. The van der Waals surface area contributed by atoms with E-state index in [0.717, 1.165) is 17.3 Å². The van der Waals surface area contributed by atoms with Gasteiger partial charge in [0.2, 0.25) is 0 Å². The second-order valence-electron chi connectivity index (χ2n) is 6.74. The van der Waals surface area contributed by atoms with Gasteiger partial charge >= 0.3 is 0 Å². The lowest BCUT2D eigenvalue weighted by molar-refractivity contribution is 0.319. The zero-order chi connectivity index (χ0) is 17.4. The number of nitriles is 1. The van der Waals surface area contributed by atoms with Gasteiger partial charge in [-0.2, -0.15) is 5.26 Å². The van der Waals surface area contributed by atoms with Gasteiger partial charge in [0.1, 0.15) is 0 Å². The monoisotopic (exact) mass is 369 g/mol. The largest absolute Gasteiger partial charge is 0.335 e. The van der Waals surface area contributed by atoms with Crippen molar-refractivity contribution in [3.63, 3.8) is 0 Å².